The van der Waals surface area contributed by atoms with Gasteiger partial charge in [0.15, 0.2) is 0 Å². The molecule has 1 aliphatic rings. The minimum Gasteiger partial charge on any atom is -0.460 e. The first-order valence-corrected chi connectivity index (χ1v) is 10.7. The molecule has 1 saturated heterocycles. The van der Waals surface area contributed by atoms with Crippen LogP contribution in [-0.2, 0) is 6.54 Å². The Labute approximate surface area is 181 Å². The molecule has 1 aliphatic heterocycles. The second kappa shape index (κ2) is 7.78. The van der Waals surface area contributed by atoms with Gasteiger partial charge in [0, 0.05) is 37.1 Å². The van der Waals surface area contributed by atoms with Crippen molar-refractivity contribution in [1.29, 1.82) is 0 Å². The summed E-state index contributed by atoms with van der Waals surface area (Å²) in [6.45, 7) is 6.44. The number of benzene rings is 2. The molecule has 0 bridgehead atoms. The fraction of sp³-hybridized carbons (Fsp3) is 0.320. The Morgan fingerprint density at radius 1 is 1.10 bits per heavy atom. The molecule has 2 aromatic carbocycles. The number of aromatic nitrogens is 2. The molecular weight excluding hydrogens is 388 g/mol. The zero-order chi connectivity index (χ0) is 21.5. The second-order valence-corrected chi connectivity index (χ2v) is 8.44. The maximum Gasteiger partial charge on any atom is 0.253 e. The van der Waals surface area contributed by atoms with Crippen molar-refractivity contribution >= 4 is 27.9 Å². The number of furan rings is 1. The molecule has 1 atom stereocenters. The molecule has 31 heavy (non-hydrogen) atoms. The van der Waals surface area contributed by atoms with E-state index in [-0.39, 0.29) is 11.9 Å². The topological polar surface area (TPSA) is 62.5 Å². The number of para-hydroxylation sites is 1. The van der Waals surface area contributed by atoms with Crippen molar-refractivity contribution in [1.82, 2.24) is 19.8 Å². The number of nitrogens with zero attached hydrogens (tertiary/aromatic N) is 4. The van der Waals surface area contributed by atoms with Gasteiger partial charge in [0.25, 0.3) is 5.91 Å². The molecule has 4 aromatic rings. The summed E-state index contributed by atoms with van der Waals surface area (Å²) < 4.78 is 5.97. The van der Waals surface area contributed by atoms with Gasteiger partial charge in [-0.15, -0.1) is 0 Å². The van der Waals surface area contributed by atoms with E-state index < -0.39 is 0 Å². The predicted molar refractivity (Wildman–Crippen MR) is 121 cm³/mol. The maximum absolute atomic E-state index is 13.2. The van der Waals surface area contributed by atoms with Crippen molar-refractivity contribution in [2.24, 2.45) is 0 Å². The Morgan fingerprint density at radius 3 is 2.68 bits per heavy atom. The first-order valence-electron chi connectivity index (χ1n) is 10.7. The van der Waals surface area contributed by atoms with Crippen LogP contribution in [-0.4, -0.2) is 51.9 Å². The van der Waals surface area contributed by atoms with E-state index in [1.54, 1.807) is 0 Å². The zero-order valence-electron chi connectivity index (χ0n) is 18.1. The summed E-state index contributed by atoms with van der Waals surface area (Å²) in [5.41, 5.74) is 4.97. The van der Waals surface area contributed by atoms with Crippen LogP contribution >= 0.6 is 0 Å². The van der Waals surface area contributed by atoms with Crippen LogP contribution in [0.5, 0.6) is 0 Å². The first-order chi connectivity index (χ1) is 15.0. The summed E-state index contributed by atoms with van der Waals surface area (Å²) in [6.07, 6.45) is 0.953. The van der Waals surface area contributed by atoms with E-state index in [0.717, 1.165) is 65.2 Å². The molecule has 1 amide bonds. The van der Waals surface area contributed by atoms with Crippen molar-refractivity contribution < 1.29 is 9.21 Å². The van der Waals surface area contributed by atoms with Gasteiger partial charge in [0.2, 0.25) is 0 Å². The molecule has 5 rings (SSSR count). The Balaban J connectivity index is 1.27. The number of likely N-dealkylation sites (N-methyl/N-ethyl adjacent to an activating group) is 1. The lowest BCUT2D eigenvalue weighted by Gasteiger charge is -2.25. The number of aryl methyl sites for hydroxylation is 2. The third-order valence-electron chi connectivity index (χ3n) is 6.29. The molecule has 1 fully saturated rings. The number of carbonyl (C=O) groups is 1. The highest BCUT2D eigenvalue weighted by atomic mass is 16.3. The van der Waals surface area contributed by atoms with E-state index in [0.29, 0.717) is 5.56 Å². The lowest BCUT2D eigenvalue weighted by Crippen LogP contribution is -2.38. The van der Waals surface area contributed by atoms with Gasteiger partial charge in [0.05, 0.1) is 29.0 Å². The third-order valence-corrected chi connectivity index (χ3v) is 6.29. The van der Waals surface area contributed by atoms with E-state index in [4.69, 9.17) is 4.42 Å². The van der Waals surface area contributed by atoms with Crippen molar-refractivity contribution in [3.63, 3.8) is 0 Å². The van der Waals surface area contributed by atoms with Gasteiger partial charge in [-0.25, -0.2) is 9.97 Å². The maximum atomic E-state index is 13.2. The minimum atomic E-state index is 0.0255. The van der Waals surface area contributed by atoms with Crippen LogP contribution in [0.1, 0.15) is 33.9 Å². The lowest BCUT2D eigenvalue weighted by atomic mass is 10.1. The molecule has 0 spiro atoms. The van der Waals surface area contributed by atoms with Gasteiger partial charge in [-0.1, -0.05) is 18.2 Å². The number of amides is 1. The number of carbonyl (C=O) groups excluding carboxylic acids is 1. The van der Waals surface area contributed by atoms with Crippen molar-refractivity contribution in [2.75, 3.05) is 20.1 Å². The molecule has 6 nitrogen and oxygen atoms in total. The number of fused-ring (bicyclic) bond motifs is 2. The van der Waals surface area contributed by atoms with E-state index in [1.165, 1.54) is 0 Å². The van der Waals surface area contributed by atoms with Gasteiger partial charge < -0.3 is 9.32 Å². The SMILES string of the molecule is Cc1nc2ccc(C(=O)N(C)C3CCN(Cc4cc5ccccc5o4)C3)cc2nc1C. The summed E-state index contributed by atoms with van der Waals surface area (Å²) in [6, 6.07) is 16.0. The van der Waals surface area contributed by atoms with E-state index in [9.17, 15) is 4.79 Å². The molecule has 0 N–H and O–H groups in total. The average Bonchev–Trinajstić information content (AvgIpc) is 3.40. The first kappa shape index (κ1) is 19.7. The van der Waals surface area contributed by atoms with Gasteiger partial charge in [-0.05, 0) is 50.6 Å². The third kappa shape index (κ3) is 3.79. The van der Waals surface area contributed by atoms with E-state index >= 15 is 0 Å². The molecule has 0 aliphatic carbocycles. The van der Waals surface area contributed by atoms with Gasteiger partial charge in [-0.2, -0.15) is 0 Å². The van der Waals surface area contributed by atoms with Crippen LogP contribution < -0.4 is 0 Å². The molecule has 2 aromatic heterocycles. The highest BCUT2D eigenvalue weighted by Crippen LogP contribution is 2.24. The molecule has 6 heteroatoms. The predicted octanol–water partition coefficient (Wildman–Crippen LogP) is 4.34. The van der Waals surface area contributed by atoms with Crippen LogP contribution in [0.15, 0.2) is 52.9 Å². The Kier molecular flexibility index (Phi) is 4.94. The zero-order valence-corrected chi connectivity index (χ0v) is 18.1. The van der Waals surface area contributed by atoms with Crippen LogP contribution in [0, 0.1) is 13.8 Å². The fourth-order valence-corrected chi connectivity index (χ4v) is 4.34. The van der Waals surface area contributed by atoms with Gasteiger partial charge in [-0.3, -0.25) is 9.69 Å². The molecule has 0 saturated carbocycles. The van der Waals surface area contributed by atoms with Gasteiger partial charge >= 0.3 is 0 Å². The number of likely N-dealkylation sites (tertiary alicyclic amines) is 1. The number of hydrogen-bond donors (Lipinski definition) is 0. The smallest absolute Gasteiger partial charge is 0.253 e. The Bertz CT molecular complexity index is 1250. The van der Waals surface area contributed by atoms with Gasteiger partial charge in [0.1, 0.15) is 11.3 Å². The normalized spacial score (nSPS) is 16.9. The summed E-state index contributed by atoms with van der Waals surface area (Å²) in [7, 11) is 1.90. The summed E-state index contributed by atoms with van der Waals surface area (Å²) in [5.74, 6) is 0.993. The number of rotatable bonds is 4. The monoisotopic (exact) mass is 414 g/mol. The van der Waals surface area contributed by atoms with E-state index in [1.807, 2.05) is 62.2 Å². The average molecular weight is 415 g/mol. The number of hydrogen-bond acceptors (Lipinski definition) is 5. The van der Waals surface area contributed by atoms with Crippen molar-refractivity contribution in [2.45, 2.75) is 32.9 Å². The molecule has 1 unspecified atom stereocenters. The van der Waals surface area contributed by atoms with Crippen LogP contribution in [0.4, 0.5) is 0 Å². The Hall–Kier alpha value is -3.25. The largest absolute Gasteiger partial charge is 0.460 e. The van der Waals surface area contributed by atoms with Crippen LogP contribution in [0.2, 0.25) is 0 Å². The summed E-state index contributed by atoms with van der Waals surface area (Å²) >= 11 is 0. The minimum absolute atomic E-state index is 0.0255. The standard InChI is InChI=1S/C25H26N4O2/c1-16-17(2)27-23-13-19(8-9-22(23)26-16)25(30)28(3)20-10-11-29(14-20)15-21-12-18-6-4-5-7-24(18)31-21/h4-9,12-13,20H,10-11,14-15H2,1-3H3. The van der Waals surface area contributed by atoms with Crippen molar-refractivity contribution in [3.05, 3.63) is 71.2 Å². The highest BCUT2D eigenvalue weighted by molar-refractivity contribution is 5.97. The molecule has 158 valence electrons. The van der Waals surface area contributed by atoms with Crippen LogP contribution in [0.25, 0.3) is 22.0 Å². The summed E-state index contributed by atoms with van der Waals surface area (Å²) in [4.78, 5) is 26.5. The lowest BCUT2D eigenvalue weighted by molar-refractivity contribution is 0.0734. The molecule has 0 radical (unpaired) electrons. The molecule has 3 heterocycles. The molecular formula is C25H26N4O2. The second-order valence-electron chi connectivity index (χ2n) is 8.44. The van der Waals surface area contributed by atoms with Crippen LogP contribution in [0.3, 0.4) is 0 Å². The highest BCUT2D eigenvalue weighted by Gasteiger charge is 2.29. The Morgan fingerprint density at radius 2 is 1.87 bits per heavy atom. The van der Waals surface area contributed by atoms with E-state index in [2.05, 4.69) is 27.0 Å². The summed E-state index contributed by atoms with van der Waals surface area (Å²) in [5, 5.41) is 1.13. The van der Waals surface area contributed by atoms with Crippen molar-refractivity contribution in [3.8, 4) is 0 Å². The fourth-order valence-electron chi connectivity index (χ4n) is 4.34. The quantitative estimate of drug-likeness (QED) is 0.497.